The lowest BCUT2D eigenvalue weighted by Gasteiger charge is -2.17. The second-order valence-electron chi connectivity index (χ2n) is 5.03. The average Bonchev–Trinajstić information content (AvgIpc) is 2.71. The summed E-state index contributed by atoms with van der Waals surface area (Å²) in [4.78, 5) is 16.6. The van der Waals surface area contributed by atoms with Crippen molar-refractivity contribution in [2.45, 2.75) is 39.7 Å². The van der Waals surface area contributed by atoms with Crippen LogP contribution in [0.3, 0.4) is 0 Å². The largest absolute Gasteiger partial charge is 0.479 e. The van der Waals surface area contributed by atoms with Crippen LogP contribution >= 0.6 is 0 Å². The summed E-state index contributed by atoms with van der Waals surface area (Å²) in [6, 6.07) is 0. The molecular weight excluding hydrogens is 230 g/mol. The Morgan fingerprint density at radius 2 is 1.94 bits per heavy atom. The van der Waals surface area contributed by atoms with Gasteiger partial charge in [0.1, 0.15) is 5.75 Å². The fourth-order valence-corrected chi connectivity index (χ4v) is 2.45. The number of fused-ring (bicyclic) bond motifs is 1. The quantitative estimate of drug-likeness (QED) is 0.657. The third kappa shape index (κ3) is 1.77. The molecule has 0 saturated carbocycles. The van der Waals surface area contributed by atoms with Gasteiger partial charge in [-0.3, -0.25) is 4.79 Å². The standard InChI is InChI=1S/C14H19NO3/c1-8-9(2)13-11(6-14(4,7-16)17-13)10(3)12(8)18-15-5/h7,15H,6H2,1-5H3. The average molecular weight is 249 g/mol. The molecule has 2 rings (SSSR count). The molecule has 0 radical (unpaired) electrons. The molecule has 4 heteroatoms. The normalized spacial score (nSPS) is 21.4. The summed E-state index contributed by atoms with van der Waals surface area (Å²) < 4.78 is 5.83. The van der Waals surface area contributed by atoms with Crippen molar-refractivity contribution < 1.29 is 14.4 Å². The van der Waals surface area contributed by atoms with E-state index in [0.717, 1.165) is 40.0 Å². The Kier molecular flexibility index (Phi) is 3.07. The Morgan fingerprint density at radius 3 is 2.50 bits per heavy atom. The summed E-state index contributed by atoms with van der Waals surface area (Å²) in [5.41, 5.74) is 6.14. The number of carbonyl (C=O) groups excluding carboxylic acids is 1. The smallest absolute Gasteiger partial charge is 0.165 e. The van der Waals surface area contributed by atoms with Crippen molar-refractivity contribution in [3.63, 3.8) is 0 Å². The molecule has 1 aliphatic heterocycles. The van der Waals surface area contributed by atoms with E-state index in [1.807, 2.05) is 27.7 Å². The molecule has 1 unspecified atom stereocenters. The summed E-state index contributed by atoms with van der Waals surface area (Å²) in [5.74, 6) is 1.66. The van der Waals surface area contributed by atoms with Gasteiger partial charge in [0.2, 0.25) is 0 Å². The maximum atomic E-state index is 11.1. The van der Waals surface area contributed by atoms with Crippen LogP contribution in [-0.4, -0.2) is 18.9 Å². The number of nitrogens with one attached hydrogen (secondary N) is 1. The lowest BCUT2D eigenvalue weighted by atomic mass is 9.93. The SMILES string of the molecule is CNOc1c(C)c(C)c2c(c1C)CC(C)(C=O)O2. The lowest BCUT2D eigenvalue weighted by Crippen LogP contribution is -2.31. The zero-order chi connectivity index (χ0) is 13.5. The van der Waals surface area contributed by atoms with E-state index in [4.69, 9.17) is 9.57 Å². The molecule has 1 atom stereocenters. The van der Waals surface area contributed by atoms with E-state index in [2.05, 4.69) is 5.48 Å². The fraction of sp³-hybridized carbons (Fsp3) is 0.500. The first-order valence-corrected chi connectivity index (χ1v) is 6.05. The summed E-state index contributed by atoms with van der Waals surface area (Å²) >= 11 is 0. The predicted octanol–water partition coefficient (Wildman–Crippen LogP) is 2.02. The minimum atomic E-state index is -0.747. The molecule has 0 saturated heterocycles. The van der Waals surface area contributed by atoms with Crippen molar-refractivity contribution in [3.8, 4) is 11.5 Å². The van der Waals surface area contributed by atoms with Crippen molar-refractivity contribution >= 4 is 6.29 Å². The van der Waals surface area contributed by atoms with Gasteiger partial charge in [-0.25, -0.2) is 0 Å². The van der Waals surface area contributed by atoms with Crippen LogP contribution in [0.5, 0.6) is 11.5 Å². The molecule has 0 aliphatic carbocycles. The molecule has 1 N–H and O–H groups in total. The first-order valence-electron chi connectivity index (χ1n) is 6.05. The van der Waals surface area contributed by atoms with Crippen LogP contribution in [0.25, 0.3) is 0 Å². The highest BCUT2D eigenvalue weighted by atomic mass is 16.6. The molecule has 0 bridgehead atoms. The van der Waals surface area contributed by atoms with Crippen LogP contribution < -0.4 is 15.1 Å². The molecule has 4 nitrogen and oxygen atoms in total. The molecule has 1 aromatic rings. The molecule has 0 aromatic heterocycles. The predicted molar refractivity (Wildman–Crippen MR) is 69.1 cm³/mol. The third-order valence-electron chi connectivity index (χ3n) is 3.63. The van der Waals surface area contributed by atoms with Crippen LogP contribution in [-0.2, 0) is 11.2 Å². The number of rotatable bonds is 3. The molecule has 0 fully saturated rings. The maximum Gasteiger partial charge on any atom is 0.165 e. The Hall–Kier alpha value is -1.55. The molecule has 0 amide bonds. The minimum Gasteiger partial charge on any atom is -0.479 e. The van der Waals surface area contributed by atoms with Gasteiger partial charge < -0.3 is 9.57 Å². The minimum absolute atomic E-state index is 0.596. The fourth-order valence-electron chi connectivity index (χ4n) is 2.45. The van der Waals surface area contributed by atoms with E-state index < -0.39 is 5.60 Å². The van der Waals surface area contributed by atoms with Crippen molar-refractivity contribution in [1.82, 2.24) is 5.48 Å². The third-order valence-corrected chi connectivity index (χ3v) is 3.63. The first kappa shape index (κ1) is 12.9. The molecule has 98 valence electrons. The van der Waals surface area contributed by atoms with Crippen LogP contribution in [0.1, 0.15) is 29.2 Å². The second kappa shape index (κ2) is 4.28. The van der Waals surface area contributed by atoms with Gasteiger partial charge in [-0.15, -0.1) is 0 Å². The van der Waals surface area contributed by atoms with Crippen molar-refractivity contribution in [2.24, 2.45) is 0 Å². The number of hydrogen-bond donors (Lipinski definition) is 1. The van der Waals surface area contributed by atoms with E-state index in [0.29, 0.717) is 6.42 Å². The zero-order valence-corrected chi connectivity index (χ0v) is 11.5. The first-order chi connectivity index (χ1) is 8.43. The summed E-state index contributed by atoms with van der Waals surface area (Å²) in [7, 11) is 1.73. The van der Waals surface area contributed by atoms with E-state index in [9.17, 15) is 4.79 Å². The van der Waals surface area contributed by atoms with Crippen LogP contribution in [0.15, 0.2) is 0 Å². The number of hydrogen-bond acceptors (Lipinski definition) is 4. The van der Waals surface area contributed by atoms with E-state index >= 15 is 0 Å². The number of ether oxygens (including phenoxy) is 1. The summed E-state index contributed by atoms with van der Waals surface area (Å²) in [6.07, 6.45) is 1.47. The van der Waals surface area contributed by atoms with Gasteiger partial charge in [-0.1, -0.05) is 0 Å². The molecule has 1 aliphatic rings. The Labute approximate surface area is 107 Å². The molecule has 1 heterocycles. The number of hydroxylamine groups is 1. The van der Waals surface area contributed by atoms with Gasteiger partial charge in [0.15, 0.2) is 17.6 Å². The van der Waals surface area contributed by atoms with Crippen LogP contribution in [0.2, 0.25) is 0 Å². The van der Waals surface area contributed by atoms with E-state index in [-0.39, 0.29) is 0 Å². The highest BCUT2D eigenvalue weighted by Gasteiger charge is 2.38. The summed E-state index contributed by atoms with van der Waals surface area (Å²) in [5, 5.41) is 0. The topological polar surface area (TPSA) is 47.6 Å². The maximum absolute atomic E-state index is 11.1. The number of carbonyl (C=O) groups is 1. The van der Waals surface area contributed by atoms with Gasteiger partial charge in [0.25, 0.3) is 0 Å². The number of aldehydes is 1. The molecular formula is C14H19NO3. The monoisotopic (exact) mass is 249 g/mol. The van der Waals surface area contributed by atoms with Crippen molar-refractivity contribution in [1.29, 1.82) is 0 Å². The Morgan fingerprint density at radius 1 is 1.28 bits per heavy atom. The lowest BCUT2D eigenvalue weighted by molar-refractivity contribution is -0.118. The van der Waals surface area contributed by atoms with Gasteiger partial charge in [0.05, 0.1) is 0 Å². The molecule has 18 heavy (non-hydrogen) atoms. The van der Waals surface area contributed by atoms with E-state index in [1.165, 1.54) is 0 Å². The molecule has 0 spiro atoms. The number of benzene rings is 1. The second-order valence-corrected chi connectivity index (χ2v) is 5.03. The Balaban J connectivity index is 2.60. The van der Waals surface area contributed by atoms with Gasteiger partial charge in [-0.2, -0.15) is 5.48 Å². The molecule has 1 aromatic carbocycles. The van der Waals surface area contributed by atoms with Crippen molar-refractivity contribution in [2.75, 3.05) is 7.05 Å². The highest BCUT2D eigenvalue weighted by Crippen LogP contribution is 2.44. The van der Waals surface area contributed by atoms with Crippen LogP contribution in [0, 0.1) is 20.8 Å². The zero-order valence-electron chi connectivity index (χ0n) is 11.5. The van der Waals surface area contributed by atoms with Crippen molar-refractivity contribution in [3.05, 3.63) is 22.3 Å². The highest BCUT2D eigenvalue weighted by molar-refractivity contribution is 5.70. The Bertz CT molecular complexity index is 510. The van der Waals surface area contributed by atoms with Gasteiger partial charge in [0, 0.05) is 30.2 Å². The van der Waals surface area contributed by atoms with Crippen LogP contribution in [0.4, 0.5) is 0 Å². The van der Waals surface area contributed by atoms with E-state index in [1.54, 1.807) is 7.05 Å². The summed E-state index contributed by atoms with van der Waals surface area (Å²) in [6.45, 7) is 7.80. The van der Waals surface area contributed by atoms with Gasteiger partial charge >= 0.3 is 0 Å². The van der Waals surface area contributed by atoms with Gasteiger partial charge in [-0.05, 0) is 33.3 Å².